The molecule has 1 aliphatic rings. The molecule has 1 aliphatic heterocycles. The van der Waals surface area contributed by atoms with Gasteiger partial charge in [-0.05, 0) is 32.9 Å². The second-order valence-electron chi connectivity index (χ2n) is 5.35. The van der Waals surface area contributed by atoms with Gasteiger partial charge < -0.3 is 14.0 Å². The SMILES string of the molecule is CCOC(=O)c1cccn1CC1CN(C(C)C)CCO1. The summed E-state index contributed by atoms with van der Waals surface area (Å²) in [5, 5.41) is 0. The largest absolute Gasteiger partial charge is 0.461 e. The molecule has 0 aliphatic carbocycles. The highest BCUT2D eigenvalue weighted by Gasteiger charge is 2.23. The Bertz CT molecular complexity index is 442. The lowest BCUT2D eigenvalue weighted by molar-refractivity contribution is -0.0458. The minimum Gasteiger partial charge on any atom is -0.461 e. The van der Waals surface area contributed by atoms with Crippen LogP contribution in [0.3, 0.4) is 0 Å². The standard InChI is InChI=1S/C15H24N2O3/c1-4-19-15(18)14-6-5-7-17(14)11-13-10-16(12(2)3)8-9-20-13/h5-7,12-13H,4,8-11H2,1-3H3. The zero-order valence-electron chi connectivity index (χ0n) is 12.5. The monoisotopic (exact) mass is 280 g/mol. The number of ether oxygens (including phenoxy) is 2. The Hall–Kier alpha value is -1.33. The molecular formula is C15H24N2O3. The topological polar surface area (TPSA) is 43.7 Å². The molecule has 0 saturated carbocycles. The van der Waals surface area contributed by atoms with Crippen molar-refractivity contribution in [3.8, 4) is 0 Å². The summed E-state index contributed by atoms with van der Waals surface area (Å²) in [5.74, 6) is -0.269. The lowest BCUT2D eigenvalue weighted by atomic mass is 10.2. The van der Waals surface area contributed by atoms with Crippen LogP contribution in [0.15, 0.2) is 18.3 Å². The van der Waals surface area contributed by atoms with Crippen LogP contribution in [0.1, 0.15) is 31.3 Å². The van der Waals surface area contributed by atoms with Gasteiger partial charge in [-0.25, -0.2) is 4.79 Å². The van der Waals surface area contributed by atoms with Gasteiger partial charge in [0.15, 0.2) is 0 Å². The van der Waals surface area contributed by atoms with Crippen molar-refractivity contribution in [2.45, 2.75) is 39.5 Å². The van der Waals surface area contributed by atoms with Crippen LogP contribution in [0.5, 0.6) is 0 Å². The van der Waals surface area contributed by atoms with Crippen LogP contribution < -0.4 is 0 Å². The van der Waals surface area contributed by atoms with Crippen molar-refractivity contribution in [1.82, 2.24) is 9.47 Å². The predicted molar refractivity (Wildman–Crippen MR) is 76.8 cm³/mol. The summed E-state index contributed by atoms with van der Waals surface area (Å²) in [6.07, 6.45) is 2.02. The van der Waals surface area contributed by atoms with Crippen molar-refractivity contribution in [3.63, 3.8) is 0 Å². The van der Waals surface area contributed by atoms with Crippen LogP contribution >= 0.6 is 0 Å². The third-order valence-corrected chi connectivity index (χ3v) is 3.61. The lowest BCUT2D eigenvalue weighted by Gasteiger charge is -2.35. The van der Waals surface area contributed by atoms with E-state index in [9.17, 15) is 4.79 Å². The van der Waals surface area contributed by atoms with Crippen molar-refractivity contribution in [3.05, 3.63) is 24.0 Å². The summed E-state index contributed by atoms with van der Waals surface area (Å²) in [6.45, 7) is 9.91. The van der Waals surface area contributed by atoms with Crippen LogP contribution in [-0.2, 0) is 16.0 Å². The number of hydrogen-bond donors (Lipinski definition) is 0. The Balaban J connectivity index is 1.99. The van der Waals surface area contributed by atoms with Gasteiger partial charge in [-0.2, -0.15) is 0 Å². The van der Waals surface area contributed by atoms with Crippen LogP contribution in [-0.4, -0.2) is 53.9 Å². The maximum atomic E-state index is 11.8. The molecule has 1 fully saturated rings. The summed E-state index contributed by atoms with van der Waals surface area (Å²) in [6, 6.07) is 4.19. The molecule has 0 bridgehead atoms. The molecule has 1 aromatic rings. The van der Waals surface area contributed by atoms with Gasteiger partial charge in [0.2, 0.25) is 0 Å². The molecule has 0 N–H and O–H groups in total. The van der Waals surface area contributed by atoms with E-state index < -0.39 is 0 Å². The van der Waals surface area contributed by atoms with Crippen molar-refractivity contribution >= 4 is 5.97 Å². The number of hydrogen-bond acceptors (Lipinski definition) is 4. The maximum Gasteiger partial charge on any atom is 0.354 e. The van der Waals surface area contributed by atoms with Crippen LogP contribution in [0, 0.1) is 0 Å². The summed E-state index contributed by atoms with van der Waals surface area (Å²) in [7, 11) is 0. The highest BCUT2D eigenvalue weighted by molar-refractivity contribution is 5.87. The number of morpholine rings is 1. The molecule has 20 heavy (non-hydrogen) atoms. The van der Waals surface area contributed by atoms with E-state index in [2.05, 4.69) is 18.7 Å². The molecule has 0 spiro atoms. The summed E-state index contributed by atoms with van der Waals surface area (Å²) in [4.78, 5) is 14.3. The fourth-order valence-electron chi connectivity index (χ4n) is 2.50. The van der Waals surface area contributed by atoms with E-state index in [1.165, 1.54) is 0 Å². The lowest BCUT2D eigenvalue weighted by Crippen LogP contribution is -2.47. The van der Waals surface area contributed by atoms with Gasteiger partial charge in [-0.15, -0.1) is 0 Å². The fraction of sp³-hybridized carbons (Fsp3) is 0.667. The molecular weight excluding hydrogens is 256 g/mol. The van der Waals surface area contributed by atoms with E-state index in [-0.39, 0.29) is 12.1 Å². The molecule has 5 nitrogen and oxygen atoms in total. The van der Waals surface area contributed by atoms with Gasteiger partial charge in [0.25, 0.3) is 0 Å². The van der Waals surface area contributed by atoms with Gasteiger partial charge >= 0.3 is 5.97 Å². The second kappa shape index (κ2) is 6.90. The summed E-state index contributed by atoms with van der Waals surface area (Å²) >= 11 is 0. The molecule has 1 aromatic heterocycles. The zero-order chi connectivity index (χ0) is 14.5. The highest BCUT2D eigenvalue weighted by atomic mass is 16.5. The Morgan fingerprint density at radius 3 is 3.05 bits per heavy atom. The van der Waals surface area contributed by atoms with E-state index in [1.54, 1.807) is 6.07 Å². The van der Waals surface area contributed by atoms with Gasteiger partial charge in [-0.3, -0.25) is 4.90 Å². The first-order valence-electron chi connectivity index (χ1n) is 7.29. The first-order chi connectivity index (χ1) is 9.61. The quantitative estimate of drug-likeness (QED) is 0.771. The molecule has 2 rings (SSSR count). The number of esters is 1. The molecule has 1 saturated heterocycles. The number of rotatable bonds is 5. The van der Waals surface area contributed by atoms with E-state index in [0.717, 1.165) is 19.7 Å². The molecule has 0 aromatic carbocycles. The zero-order valence-corrected chi connectivity index (χ0v) is 12.5. The minimum atomic E-state index is -0.269. The van der Waals surface area contributed by atoms with E-state index in [4.69, 9.17) is 9.47 Å². The van der Waals surface area contributed by atoms with Crippen molar-refractivity contribution in [2.75, 3.05) is 26.3 Å². The third kappa shape index (κ3) is 3.61. The van der Waals surface area contributed by atoms with Crippen molar-refractivity contribution in [1.29, 1.82) is 0 Å². The summed E-state index contributed by atoms with van der Waals surface area (Å²) < 4.78 is 12.8. The van der Waals surface area contributed by atoms with Crippen LogP contribution in [0.2, 0.25) is 0 Å². The molecule has 0 radical (unpaired) electrons. The Morgan fingerprint density at radius 1 is 1.55 bits per heavy atom. The number of carbonyl (C=O) groups is 1. The third-order valence-electron chi connectivity index (χ3n) is 3.61. The van der Waals surface area contributed by atoms with E-state index in [1.807, 2.05) is 23.8 Å². The maximum absolute atomic E-state index is 11.8. The molecule has 112 valence electrons. The molecule has 2 heterocycles. The van der Waals surface area contributed by atoms with Gasteiger partial charge in [0, 0.05) is 25.3 Å². The average molecular weight is 280 g/mol. The van der Waals surface area contributed by atoms with Gasteiger partial charge in [0.05, 0.1) is 25.9 Å². The van der Waals surface area contributed by atoms with Gasteiger partial charge in [-0.1, -0.05) is 0 Å². The predicted octanol–water partition coefficient (Wildman–Crippen LogP) is 1.77. The normalized spacial score (nSPS) is 20.3. The first kappa shape index (κ1) is 15.1. The minimum absolute atomic E-state index is 0.117. The smallest absolute Gasteiger partial charge is 0.354 e. The fourth-order valence-corrected chi connectivity index (χ4v) is 2.50. The second-order valence-corrected chi connectivity index (χ2v) is 5.35. The number of nitrogens with zero attached hydrogens (tertiary/aromatic N) is 2. The van der Waals surface area contributed by atoms with E-state index >= 15 is 0 Å². The molecule has 5 heteroatoms. The number of aromatic nitrogens is 1. The highest BCUT2D eigenvalue weighted by Crippen LogP contribution is 2.13. The Morgan fingerprint density at radius 2 is 2.35 bits per heavy atom. The molecule has 1 atom stereocenters. The van der Waals surface area contributed by atoms with Gasteiger partial charge in [0.1, 0.15) is 5.69 Å². The summed E-state index contributed by atoms with van der Waals surface area (Å²) in [5.41, 5.74) is 0.595. The molecule has 0 amide bonds. The Kier molecular flexibility index (Phi) is 5.20. The average Bonchev–Trinajstić information content (AvgIpc) is 2.87. The van der Waals surface area contributed by atoms with Crippen LogP contribution in [0.25, 0.3) is 0 Å². The van der Waals surface area contributed by atoms with Crippen molar-refractivity contribution in [2.24, 2.45) is 0 Å². The van der Waals surface area contributed by atoms with E-state index in [0.29, 0.717) is 24.9 Å². The first-order valence-corrected chi connectivity index (χ1v) is 7.29. The Labute approximate surface area is 120 Å². The molecule has 1 unspecified atom stereocenters. The van der Waals surface area contributed by atoms with Crippen LogP contribution in [0.4, 0.5) is 0 Å². The number of carbonyl (C=O) groups excluding carboxylic acids is 1. The van der Waals surface area contributed by atoms with Crippen molar-refractivity contribution < 1.29 is 14.3 Å².